The average molecular weight is 361 g/mol. The number of anilines is 1. The molecule has 3 heterocycles. The van der Waals surface area contributed by atoms with Crippen molar-refractivity contribution in [3.8, 4) is 0 Å². The molecule has 0 atom stereocenters. The summed E-state index contributed by atoms with van der Waals surface area (Å²) in [6.07, 6.45) is 3.57. The maximum atomic E-state index is 12.5. The molecule has 0 bridgehead atoms. The Hall–Kier alpha value is -2.12. The van der Waals surface area contributed by atoms with Crippen LogP contribution < -0.4 is 16.0 Å². The number of rotatable bonds is 5. The second kappa shape index (κ2) is 7.41. The van der Waals surface area contributed by atoms with E-state index in [9.17, 15) is 9.59 Å². The van der Waals surface area contributed by atoms with Gasteiger partial charge < -0.3 is 20.4 Å². The molecule has 1 aliphatic rings. The summed E-state index contributed by atoms with van der Waals surface area (Å²) in [6, 6.07) is 5.07. The standard InChI is InChI=1S/C18H23N3O3S/c1-12-10-14(21-16(22)13-4-3-9-24-13)25-15(12)17(23)20-11-18(2)5-7-19-8-6-18/h3-4,9-10,19H,5-8,11H2,1-2H3,(H,20,23)(H,21,22). The van der Waals surface area contributed by atoms with Crippen LogP contribution in [-0.4, -0.2) is 31.4 Å². The normalized spacial score (nSPS) is 16.4. The molecule has 1 aliphatic heterocycles. The smallest absolute Gasteiger partial charge is 0.291 e. The molecule has 2 aromatic rings. The van der Waals surface area contributed by atoms with Gasteiger partial charge in [-0.25, -0.2) is 0 Å². The minimum absolute atomic E-state index is 0.0826. The number of aryl methyl sites for hydroxylation is 1. The average Bonchev–Trinajstić information content (AvgIpc) is 3.23. The molecule has 6 nitrogen and oxygen atoms in total. The van der Waals surface area contributed by atoms with Crippen LogP contribution >= 0.6 is 11.3 Å². The fourth-order valence-electron chi connectivity index (χ4n) is 2.93. The third kappa shape index (κ3) is 4.29. The topological polar surface area (TPSA) is 83.4 Å². The SMILES string of the molecule is Cc1cc(NC(=O)c2ccco2)sc1C(=O)NCC1(C)CCNCC1. The molecule has 0 spiro atoms. The Morgan fingerprint density at radius 1 is 1.32 bits per heavy atom. The van der Waals surface area contributed by atoms with Crippen LogP contribution in [0.2, 0.25) is 0 Å². The fraction of sp³-hybridized carbons (Fsp3) is 0.444. The zero-order chi connectivity index (χ0) is 17.9. The molecule has 2 amide bonds. The van der Waals surface area contributed by atoms with E-state index in [1.165, 1.54) is 17.6 Å². The Morgan fingerprint density at radius 2 is 2.08 bits per heavy atom. The molecule has 0 unspecified atom stereocenters. The van der Waals surface area contributed by atoms with Crippen molar-refractivity contribution in [2.75, 3.05) is 25.0 Å². The van der Waals surface area contributed by atoms with Crippen molar-refractivity contribution in [1.29, 1.82) is 0 Å². The quantitative estimate of drug-likeness (QED) is 0.764. The number of thiophene rings is 1. The van der Waals surface area contributed by atoms with Crippen LogP contribution in [0.1, 0.15) is 45.6 Å². The lowest BCUT2D eigenvalue weighted by Crippen LogP contribution is -2.42. The van der Waals surface area contributed by atoms with Gasteiger partial charge in [-0.1, -0.05) is 6.92 Å². The number of carbonyl (C=O) groups is 2. The fourth-order valence-corrected chi connectivity index (χ4v) is 3.92. The van der Waals surface area contributed by atoms with Gasteiger partial charge in [-0.2, -0.15) is 0 Å². The van der Waals surface area contributed by atoms with Crippen molar-refractivity contribution in [3.05, 3.63) is 40.7 Å². The summed E-state index contributed by atoms with van der Waals surface area (Å²) in [5, 5.41) is 9.81. The number of carbonyl (C=O) groups excluding carboxylic acids is 2. The third-order valence-electron chi connectivity index (χ3n) is 4.59. The zero-order valence-corrected chi connectivity index (χ0v) is 15.3. The van der Waals surface area contributed by atoms with Gasteiger partial charge in [-0.05, 0) is 62.0 Å². The van der Waals surface area contributed by atoms with E-state index >= 15 is 0 Å². The van der Waals surface area contributed by atoms with E-state index in [1.54, 1.807) is 12.1 Å². The van der Waals surface area contributed by atoms with Crippen LogP contribution in [-0.2, 0) is 0 Å². The van der Waals surface area contributed by atoms with E-state index in [0.29, 0.717) is 16.4 Å². The molecule has 25 heavy (non-hydrogen) atoms. The highest BCUT2D eigenvalue weighted by molar-refractivity contribution is 7.18. The summed E-state index contributed by atoms with van der Waals surface area (Å²) in [4.78, 5) is 25.2. The summed E-state index contributed by atoms with van der Waals surface area (Å²) < 4.78 is 5.08. The van der Waals surface area contributed by atoms with E-state index in [0.717, 1.165) is 31.5 Å². The maximum Gasteiger partial charge on any atom is 0.291 e. The van der Waals surface area contributed by atoms with Crippen molar-refractivity contribution in [2.45, 2.75) is 26.7 Å². The van der Waals surface area contributed by atoms with Crippen LogP contribution in [0.25, 0.3) is 0 Å². The van der Waals surface area contributed by atoms with Gasteiger partial charge in [0.1, 0.15) is 0 Å². The molecule has 0 saturated carbocycles. The Balaban J connectivity index is 1.61. The summed E-state index contributed by atoms with van der Waals surface area (Å²) in [6.45, 7) is 6.74. The number of hydrogen-bond acceptors (Lipinski definition) is 5. The van der Waals surface area contributed by atoms with Gasteiger partial charge >= 0.3 is 0 Å². The molecule has 1 fully saturated rings. The van der Waals surface area contributed by atoms with Crippen LogP contribution in [0.4, 0.5) is 5.00 Å². The van der Waals surface area contributed by atoms with Crippen molar-refractivity contribution in [2.24, 2.45) is 5.41 Å². The van der Waals surface area contributed by atoms with E-state index < -0.39 is 0 Å². The second-order valence-electron chi connectivity index (χ2n) is 6.80. The number of hydrogen-bond donors (Lipinski definition) is 3. The van der Waals surface area contributed by atoms with Crippen molar-refractivity contribution >= 4 is 28.2 Å². The number of furan rings is 1. The summed E-state index contributed by atoms with van der Waals surface area (Å²) in [5.74, 6) is -0.155. The predicted octanol–water partition coefficient (Wildman–Crippen LogP) is 3.02. The van der Waals surface area contributed by atoms with Gasteiger partial charge in [0, 0.05) is 6.54 Å². The summed E-state index contributed by atoms with van der Waals surface area (Å²) >= 11 is 1.28. The lowest BCUT2D eigenvalue weighted by molar-refractivity contribution is 0.0925. The lowest BCUT2D eigenvalue weighted by atomic mass is 9.81. The maximum absolute atomic E-state index is 12.5. The summed E-state index contributed by atoms with van der Waals surface area (Å²) in [5.41, 5.74) is 0.996. The molecule has 3 rings (SSSR count). The predicted molar refractivity (Wildman–Crippen MR) is 98.3 cm³/mol. The Labute approximate surface area is 151 Å². The van der Waals surface area contributed by atoms with E-state index in [1.807, 2.05) is 13.0 Å². The molecule has 7 heteroatoms. The van der Waals surface area contributed by atoms with E-state index in [2.05, 4.69) is 22.9 Å². The Morgan fingerprint density at radius 3 is 2.76 bits per heavy atom. The van der Waals surface area contributed by atoms with E-state index in [4.69, 9.17) is 4.42 Å². The van der Waals surface area contributed by atoms with Gasteiger partial charge in [-0.15, -0.1) is 11.3 Å². The highest BCUT2D eigenvalue weighted by atomic mass is 32.1. The van der Waals surface area contributed by atoms with Crippen LogP contribution in [0.3, 0.4) is 0 Å². The van der Waals surface area contributed by atoms with Crippen LogP contribution in [0.15, 0.2) is 28.9 Å². The number of piperidine rings is 1. The van der Waals surface area contributed by atoms with Gasteiger partial charge in [0.15, 0.2) is 5.76 Å². The van der Waals surface area contributed by atoms with Crippen LogP contribution in [0.5, 0.6) is 0 Å². The molecule has 134 valence electrons. The molecule has 0 aliphatic carbocycles. The molecule has 1 saturated heterocycles. The Kier molecular flexibility index (Phi) is 5.24. The summed E-state index contributed by atoms with van der Waals surface area (Å²) in [7, 11) is 0. The Bertz CT molecular complexity index is 746. The number of nitrogens with one attached hydrogen (secondary N) is 3. The molecule has 3 N–H and O–H groups in total. The van der Waals surface area contributed by atoms with Crippen molar-refractivity contribution in [3.63, 3.8) is 0 Å². The first-order valence-electron chi connectivity index (χ1n) is 8.41. The molecular formula is C18H23N3O3S. The first-order chi connectivity index (χ1) is 12.0. The van der Waals surface area contributed by atoms with Gasteiger partial charge in [0.25, 0.3) is 11.8 Å². The van der Waals surface area contributed by atoms with Crippen LogP contribution in [0, 0.1) is 12.3 Å². The molecular weight excluding hydrogens is 338 g/mol. The first-order valence-corrected chi connectivity index (χ1v) is 9.23. The minimum Gasteiger partial charge on any atom is -0.459 e. The van der Waals surface area contributed by atoms with Crippen molar-refractivity contribution < 1.29 is 14.0 Å². The largest absolute Gasteiger partial charge is 0.459 e. The molecule has 0 aromatic carbocycles. The van der Waals surface area contributed by atoms with E-state index in [-0.39, 0.29) is 23.0 Å². The van der Waals surface area contributed by atoms with Gasteiger partial charge in [-0.3, -0.25) is 9.59 Å². The molecule has 0 radical (unpaired) electrons. The lowest BCUT2D eigenvalue weighted by Gasteiger charge is -2.34. The zero-order valence-electron chi connectivity index (χ0n) is 14.5. The highest BCUT2D eigenvalue weighted by Gasteiger charge is 2.27. The highest BCUT2D eigenvalue weighted by Crippen LogP contribution is 2.29. The third-order valence-corrected chi connectivity index (χ3v) is 5.74. The number of amides is 2. The second-order valence-corrected chi connectivity index (χ2v) is 7.85. The first kappa shape index (κ1) is 17.7. The monoisotopic (exact) mass is 361 g/mol. The molecule has 2 aromatic heterocycles. The van der Waals surface area contributed by atoms with Crippen molar-refractivity contribution in [1.82, 2.24) is 10.6 Å². The van der Waals surface area contributed by atoms with Gasteiger partial charge in [0.05, 0.1) is 16.1 Å². The van der Waals surface area contributed by atoms with Gasteiger partial charge in [0.2, 0.25) is 0 Å². The minimum atomic E-state index is -0.319.